The van der Waals surface area contributed by atoms with E-state index in [9.17, 15) is 23.2 Å². The number of anilines is 1. The fourth-order valence-electron chi connectivity index (χ4n) is 2.78. The van der Waals surface area contributed by atoms with Crippen molar-refractivity contribution >= 4 is 22.2 Å². The molecule has 1 aliphatic carbocycles. The van der Waals surface area contributed by atoms with E-state index >= 15 is 0 Å². The highest BCUT2D eigenvalue weighted by Crippen LogP contribution is 2.38. The number of thiophene rings is 1. The van der Waals surface area contributed by atoms with Crippen molar-refractivity contribution in [3.05, 3.63) is 51.4 Å². The Bertz CT molecular complexity index is 833. The van der Waals surface area contributed by atoms with E-state index in [0.717, 1.165) is 48.3 Å². The summed E-state index contributed by atoms with van der Waals surface area (Å²) in [5, 5.41) is 12.4. The van der Waals surface area contributed by atoms with Gasteiger partial charge in [-0.3, -0.25) is 4.79 Å². The molecule has 1 N–H and O–H groups in total. The van der Waals surface area contributed by atoms with Crippen molar-refractivity contribution < 1.29 is 18.0 Å². The van der Waals surface area contributed by atoms with E-state index in [-0.39, 0.29) is 5.56 Å². The minimum Gasteiger partial charge on any atom is -0.312 e. The van der Waals surface area contributed by atoms with Gasteiger partial charge < -0.3 is 5.32 Å². The van der Waals surface area contributed by atoms with Gasteiger partial charge in [-0.1, -0.05) is 6.07 Å². The van der Waals surface area contributed by atoms with Crippen molar-refractivity contribution in [3.8, 4) is 6.07 Å². The number of nitriles is 1. The van der Waals surface area contributed by atoms with Crippen molar-refractivity contribution in [2.75, 3.05) is 5.32 Å². The average molecular weight is 350 g/mol. The lowest BCUT2D eigenvalue weighted by Crippen LogP contribution is -2.14. The largest absolute Gasteiger partial charge is 0.416 e. The standard InChI is InChI=1S/C17H13F3N2OS/c18-17(19,20)11-5-3-4-10(8-11)15(23)22-16-13(9-21)12-6-1-2-7-14(12)24-16/h3-5,8H,1-2,6-7H2,(H,22,23). The number of alkyl halides is 3. The molecule has 0 atom stereocenters. The summed E-state index contributed by atoms with van der Waals surface area (Å²) >= 11 is 1.34. The predicted molar refractivity (Wildman–Crippen MR) is 85.1 cm³/mol. The second-order valence-electron chi connectivity index (χ2n) is 5.56. The molecule has 24 heavy (non-hydrogen) atoms. The number of rotatable bonds is 2. The van der Waals surface area contributed by atoms with Gasteiger partial charge in [0.05, 0.1) is 11.1 Å². The first-order chi connectivity index (χ1) is 11.4. The number of halogens is 3. The number of fused-ring (bicyclic) bond motifs is 1. The Kier molecular flexibility index (Phi) is 4.33. The van der Waals surface area contributed by atoms with Crippen LogP contribution in [0.15, 0.2) is 24.3 Å². The van der Waals surface area contributed by atoms with Crippen LogP contribution in [0.1, 0.15) is 44.8 Å². The minimum absolute atomic E-state index is 0.0833. The maximum atomic E-state index is 12.8. The lowest BCUT2D eigenvalue weighted by atomic mass is 9.96. The predicted octanol–water partition coefficient (Wildman–Crippen LogP) is 4.77. The Hall–Kier alpha value is -2.33. The molecule has 1 amide bonds. The molecule has 0 bridgehead atoms. The third-order valence-corrected chi connectivity index (χ3v) is 5.17. The van der Waals surface area contributed by atoms with E-state index in [1.54, 1.807) is 0 Å². The fraction of sp³-hybridized carbons (Fsp3) is 0.294. The molecule has 1 aromatic heterocycles. The summed E-state index contributed by atoms with van der Waals surface area (Å²) in [5.74, 6) is -0.642. The summed E-state index contributed by atoms with van der Waals surface area (Å²) < 4.78 is 38.3. The van der Waals surface area contributed by atoms with Crippen LogP contribution in [0.25, 0.3) is 0 Å². The Balaban J connectivity index is 1.88. The zero-order valence-electron chi connectivity index (χ0n) is 12.5. The Labute approximate surface area is 140 Å². The van der Waals surface area contributed by atoms with Crippen molar-refractivity contribution in [1.29, 1.82) is 5.26 Å². The van der Waals surface area contributed by atoms with Crippen LogP contribution >= 0.6 is 11.3 Å². The normalized spacial score (nSPS) is 13.9. The van der Waals surface area contributed by atoms with Gasteiger partial charge in [0.2, 0.25) is 0 Å². The quantitative estimate of drug-likeness (QED) is 0.848. The third-order valence-electron chi connectivity index (χ3n) is 3.96. The number of aryl methyl sites for hydroxylation is 1. The van der Waals surface area contributed by atoms with Gasteiger partial charge in [-0.2, -0.15) is 18.4 Å². The highest BCUT2D eigenvalue weighted by Gasteiger charge is 2.31. The molecule has 7 heteroatoms. The van der Waals surface area contributed by atoms with Crippen molar-refractivity contribution in [3.63, 3.8) is 0 Å². The van der Waals surface area contributed by atoms with Gasteiger partial charge >= 0.3 is 6.18 Å². The zero-order chi connectivity index (χ0) is 17.3. The second kappa shape index (κ2) is 6.29. The molecular formula is C17H13F3N2OS. The number of amides is 1. The third kappa shape index (κ3) is 3.15. The second-order valence-corrected chi connectivity index (χ2v) is 6.66. The SMILES string of the molecule is N#Cc1c(NC(=O)c2cccc(C(F)(F)F)c2)sc2c1CCCC2. The number of carbonyl (C=O) groups excluding carboxylic acids is 1. The fourth-order valence-corrected chi connectivity index (χ4v) is 4.02. The highest BCUT2D eigenvalue weighted by atomic mass is 32.1. The molecule has 0 unspecified atom stereocenters. The van der Waals surface area contributed by atoms with Crippen LogP contribution in [-0.2, 0) is 19.0 Å². The number of hydrogen-bond donors (Lipinski definition) is 1. The first-order valence-electron chi connectivity index (χ1n) is 7.43. The summed E-state index contributed by atoms with van der Waals surface area (Å²) in [7, 11) is 0. The molecule has 0 aliphatic heterocycles. The van der Waals surface area contributed by atoms with Gasteiger partial charge in [-0.25, -0.2) is 0 Å². The zero-order valence-corrected chi connectivity index (χ0v) is 13.4. The van der Waals surface area contributed by atoms with Gasteiger partial charge in [0.25, 0.3) is 5.91 Å². The van der Waals surface area contributed by atoms with Gasteiger partial charge in [0.15, 0.2) is 0 Å². The smallest absolute Gasteiger partial charge is 0.312 e. The van der Waals surface area contributed by atoms with Gasteiger partial charge in [0.1, 0.15) is 11.1 Å². The lowest BCUT2D eigenvalue weighted by molar-refractivity contribution is -0.137. The molecular weight excluding hydrogens is 337 g/mol. The molecule has 3 rings (SSSR count). The molecule has 3 nitrogen and oxygen atoms in total. The summed E-state index contributed by atoms with van der Waals surface area (Å²) in [5.41, 5.74) is 0.448. The van der Waals surface area contributed by atoms with Gasteiger partial charge in [-0.15, -0.1) is 11.3 Å². The molecule has 0 radical (unpaired) electrons. The van der Waals surface area contributed by atoms with E-state index in [4.69, 9.17) is 0 Å². The molecule has 1 heterocycles. The topological polar surface area (TPSA) is 52.9 Å². The Morgan fingerprint density at radius 3 is 2.71 bits per heavy atom. The summed E-state index contributed by atoms with van der Waals surface area (Å²) in [6, 6.07) is 6.36. The van der Waals surface area contributed by atoms with E-state index in [1.165, 1.54) is 23.5 Å². The molecule has 0 spiro atoms. The number of benzene rings is 1. The van der Waals surface area contributed by atoms with Crippen LogP contribution in [-0.4, -0.2) is 5.91 Å². The lowest BCUT2D eigenvalue weighted by Gasteiger charge is -2.09. The summed E-state index contributed by atoms with van der Waals surface area (Å²) in [6.07, 6.45) is -0.794. The number of nitrogens with one attached hydrogen (secondary N) is 1. The van der Waals surface area contributed by atoms with Crippen LogP contribution in [0, 0.1) is 11.3 Å². The molecule has 1 aromatic carbocycles. The maximum Gasteiger partial charge on any atom is 0.416 e. The van der Waals surface area contributed by atoms with Crippen molar-refractivity contribution in [2.24, 2.45) is 0 Å². The van der Waals surface area contributed by atoms with Crippen LogP contribution in [0.3, 0.4) is 0 Å². The first-order valence-corrected chi connectivity index (χ1v) is 8.25. The Morgan fingerprint density at radius 1 is 1.25 bits per heavy atom. The van der Waals surface area contributed by atoms with E-state index in [1.807, 2.05) is 0 Å². The van der Waals surface area contributed by atoms with Gasteiger partial charge in [0, 0.05) is 10.4 Å². The molecule has 0 saturated carbocycles. The van der Waals surface area contributed by atoms with Crippen molar-refractivity contribution in [1.82, 2.24) is 0 Å². The summed E-state index contributed by atoms with van der Waals surface area (Å²) in [6.45, 7) is 0. The number of carbonyl (C=O) groups is 1. The van der Waals surface area contributed by atoms with Crippen LogP contribution in [0.4, 0.5) is 18.2 Å². The van der Waals surface area contributed by atoms with Crippen molar-refractivity contribution in [2.45, 2.75) is 31.9 Å². The van der Waals surface area contributed by atoms with Crippen LogP contribution in [0.2, 0.25) is 0 Å². The Morgan fingerprint density at radius 2 is 2.00 bits per heavy atom. The van der Waals surface area contributed by atoms with Gasteiger partial charge in [-0.05, 0) is 49.4 Å². The maximum absolute atomic E-state index is 12.8. The monoisotopic (exact) mass is 350 g/mol. The summed E-state index contributed by atoms with van der Waals surface area (Å²) in [4.78, 5) is 13.4. The molecule has 0 saturated heterocycles. The minimum atomic E-state index is -4.50. The van der Waals surface area contributed by atoms with Crippen LogP contribution in [0.5, 0.6) is 0 Å². The molecule has 1 aliphatic rings. The molecule has 124 valence electrons. The first kappa shape index (κ1) is 16.5. The molecule has 2 aromatic rings. The van der Waals surface area contributed by atoms with E-state index in [0.29, 0.717) is 10.6 Å². The van der Waals surface area contributed by atoms with E-state index < -0.39 is 17.6 Å². The molecule has 0 fully saturated rings. The number of nitrogens with zero attached hydrogens (tertiary/aromatic N) is 1. The average Bonchev–Trinajstić information content (AvgIpc) is 2.91. The number of hydrogen-bond acceptors (Lipinski definition) is 3. The highest BCUT2D eigenvalue weighted by molar-refractivity contribution is 7.16. The van der Waals surface area contributed by atoms with Crippen LogP contribution < -0.4 is 5.32 Å². The van der Waals surface area contributed by atoms with E-state index in [2.05, 4.69) is 11.4 Å².